The summed E-state index contributed by atoms with van der Waals surface area (Å²) < 4.78 is 2.47. The van der Waals surface area contributed by atoms with E-state index in [0.29, 0.717) is 0 Å². The van der Waals surface area contributed by atoms with E-state index in [2.05, 4.69) is 267 Å². The average Bonchev–Trinajstić information content (AvgIpc) is 3.86. The van der Waals surface area contributed by atoms with Crippen molar-refractivity contribution in [2.45, 2.75) is 37.8 Å². The van der Waals surface area contributed by atoms with Crippen LogP contribution < -0.4 is 15.3 Å². The second kappa shape index (κ2) is 14.4. The van der Waals surface area contributed by atoms with Gasteiger partial charge in [-0.2, -0.15) is 0 Å². The summed E-state index contributed by atoms with van der Waals surface area (Å²) in [6.07, 6.45) is 0. The summed E-state index contributed by atoms with van der Waals surface area (Å²) >= 11 is 0. The standard InChI is InChI=1S/C68H50N2Si/c1-67(2)55-27-10-7-24-50(55)53-40-45(34-37-56(53)67)69(46-36-39-63-54(41-46)51-25-9-13-31-62(51)70(63)61-32-17-19-43-18-5-6-22-48(43)61)47-35-38-59-65(42-47)71(3,4)64-33-14-12-29-58(64)68(59)57-28-11-8-23-49(57)52-26-15-20-44-21-16-30-60(68)66(44)52/h5-42H,1-4H3. The summed E-state index contributed by atoms with van der Waals surface area (Å²) in [6.45, 7) is 9.91. The zero-order valence-electron chi connectivity index (χ0n) is 40.3. The highest BCUT2D eigenvalue weighted by molar-refractivity contribution is 7.01. The number of hydrogen-bond donors (Lipinski definition) is 0. The van der Waals surface area contributed by atoms with Crippen molar-refractivity contribution in [3.8, 4) is 27.9 Å². The van der Waals surface area contributed by atoms with Gasteiger partial charge in [-0.25, -0.2) is 0 Å². The molecule has 1 aliphatic heterocycles. The molecule has 3 heteroatoms. The molecule has 1 spiro atoms. The quantitative estimate of drug-likeness (QED) is 0.160. The minimum atomic E-state index is -2.37. The van der Waals surface area contributed by atoms with Crippen molar-refractivity contribution in [1.29, 1.82) is 0 Å². The van der Waals surface area contributed by atoms with Gasteiger partial charge in [0.15, 0.2) is 0 Å². The molecule has 2 nitrogen and oxygen atoms in total. The van der Waals surface area contributed by atoms with Crippen LogP contribution in [0.5, 0.6) is 0 Å². The van der Waals surface area contributed by atoms with Crippen LogP contribution in [0.15, 0.2) is 231 Å². The van der Waals surface area contributed by atoms with Crippen molar-refractivity contribution in [3.05, 3.63) is 264 Å². The van der Waals surface area contributed by atoms with Crippen LogP contribution in [0.25, 0.3) is 71.3 Å². The molecule has 0 saturated heterocycles. The molecule has 71 heavy (non-hydrogen) atoms. The van der Waals surface area contributed by atoms with E-state index >= 15 is 0 Å². The molecule has 2 heterocycles. The van der Waals surface area contributed by atoms with Gasteiger partial charge >= 0.3 is 0 Å². The van der Waals surface area contributed by atoms with Crippen LogP contribution in [0.1, 0.15) is 47.2 Å². The molecule has 1 atom stereocenters. The van der Waals surface area contributed by atoms with Crippen LogP contribution in [0, 0.1) is 0 Å². The van der Waals surface area contributed by atoms with E-state index in [4.69, 9.17) is 0 Å². The molecule has 15 rings (SSSR count). The fourth-order valence-corrected chi connectivity index (χ4v) is 17.1. The molecule has 0 saturated carbocycles. The fourth-order valence-electron chi connectivity index (χ4n) is 13.9. The number of para-hydroxylation sites is 1. The Morgan fingerprint density at radius 1 is 0.366 bits per heavy atom. The number of aromatic nitrogens is 1. The smallest absolute Gasteiger partial charge is 0.113 e. The third-order valence-corrected chi connectivity index (χ3v) is 20.6. The van der Waals surface area contributed by atoms with Crippen molar-refractivity contribution in [3.63, 3.8) is 0 Å². The Morgan fingerprint density at radius 2 is 0.901 bits per heavy atom. The Hall–Kier alpha value is -8.24. The van der Waals surface area contributed by atoms with Gasteiger partial charge in [-0.15, -0.1) is 0 Å². The Morgan fingerprint density at radius 3 is 1.75 bits per heavy atom. The van der Waals surface area contributed by atoms with E-state index in [0.717, 1.165) is 11.4 Å². The Balaban J connectivity index is 1.01. The molecule has 1 aromatic heterocycles. The summed E-state index contributed by atoms with van der Waals surface area (Å²) in [5, 5.41) is 10.6. The highest BCUT2D eigenvalue weighted by atomic mass is 28.3. The van der Waals surface area contributed by atoms with Crippen molar-refractivity contribution < 1.29 is 0 Å². The maximum Gasteiger partial charge on any atom is 0.113 e. The first-order valence-electron chi connectivity index (χ1n) is 25.2. The van der Waals surface area contributed by atoms with Gasteiger partial charge in [0.2, 0.25) is 0 Å². The maximum atomic E-state index is 2.61. The Bertz CT molecular complexity index is 4250. The van der Waals surface area contributed by atoms with Crippen LogP contribution in [-0.2, 0) is 10.8 Å². The maximum absolute atomic E-state index is 2.61. The van der Waals surface area contributed by atoms with E-state index < -0.39 is 13.5 Å². The van der Waals surface area contributed by atoms with Gasteiger partial charge in [0.25, 0.3) is 0 Å². The lowest BCUT2D eigenvalue weighted by Gasteiger charge is -2.50. The van der Waals surface area contributed by atoms with Crippen LogP contribution in [0.3, 0.4) is 0 Å². The highest BCUT2D eigenvalue weighted by Crippen LogP contribution is 2.57. The van der Waals surface area contributed by atoms with Gasteiger partial charge in [0.05, 0.1) is 22.1 Å². The van der Waals surface area contributed by atoms with Gasteiger partial charge in [-0.05, 0) is 137 Å². The Kier molecular flexibility index (Phi) is 8.25. The van der Waals surface area contributed by atoms with Gasteiger partial charge < -0.3 is 9.47 Å². The third-order valence-electron chi connectivity index (χ3n) is 17.0. The SMILES string of the molecule is CC1(C)c2ccccc2-c2cc(N(c3ccc4c(c3)[Si](C)(C)c3ccccc3C43c4ccccc4-c4cccc5cccc3c45)c3ccc4c(c3)c3ccccc3n4-c3cccc4ccccc34)ccc21. The topological polar surface area (TPSA) is 8.17 Å². The van der Waals surface area contributed by atoms with E-state index in [-0.39, 0.29) is 5.41 Å². The van der Waals surface area contributed by atoms with Crippen LogP contribution in [-0.4, -0.2) is 12.6 Å². The van der Waals surface area contributed by atoms with Crippen molar-refractivity contribution >= 4 is 78.9 Å². The minimum Gasteiger partial charge on any atom is -0.310 e. The predicted molar refractivity (Wildman–Crippen MR) is 302 cm³/mol. The molecule has 336 valence electrons. The van der Waals surface area contributed by atoms with Crippen LogP contribution in [0.2, 0.25) is 13.1 Å². The molecule has 11 aromatic carbocycles. The molecule has 0 amide bonds. The zero-order valence-corrected chi connectivity index (χ0v) is 41.3. The molecule has 0 N–H and O–H groups in total. The number of anilines is 3. The largest absolute Gasteiger partial charge is 0.310 e. The normalized spacial score (nSPS) is 16.5. The number of hydrogen-bond acceptors (Lipinski definition) is 1. The molecular formula is C68H50N2Si. The molecule has 1 unspecified atom stereocenters. The van der Waals surface area contributed by atoms with E-state index in [9.17, 15) is 0 Å². The monoisotopic (exact) mass is 922 g/mol. The van der Waals surface area contributed by atoms with E-state index in [1.54, 1.807) is 0 Å². The third kappa shape index (κ3) is 5.31. The lowest BCUT2D eigenvalue weighted by molar-refractivity contribution is 0.660. The summed E-state index contributed by atoms with van der Waals surface area (Å²) in [5.41, 5.74) is 20.1. The second-order valence-corrected chi connectivity index (χ2v) is 25.5. The number of nitrogens with zero attached hydrogens (tertiary/aromatic N) is 2. The molecule has 0 radical (unpaired) electrons. The summed E-state index contributed by atoms with van der Waals surface area (Å²) in [5.74, 6) is 0. The number of rotatable bonds is 4. The molecule has 12 aromatic rings. The molecule has 0 fully saturated rings. The van der Waals surface area contributed by atoms with Crippen LogP contribution >= 0.6 is 0 Å². The molecule has 3 aliphatic rings. The van der Waals surface area contributed by atoms with Gasteiger partial charge in [0, 0.05) is 38.6 Å². The molecule has 0 bridgehead atoms. The molecule has 2 aliphatic carbocycles. The first kappa shape index (κ1) is 40.6. The lowest BCUT2D eigenvalue weighted by atomic mass is 9.59. The summed E-state index contributed by atoms with van der Waals surface area (Å²) in [6, 6.07) is 88.0. The minimum absolute atomic E-state index is 0.0987. The Labute approximate surface area is 415 Å². The predicted octanol–water partition coefficient (Wildman–Crippen LogP) is 16.4. The zero-order chi connectivity index (χ0) is 47.4. The second-order valence-electron chi connectivity index (χ2n) is 21.2. The number of fused-ring (bicyclic) bond motifs is 15. The first-order valence-corrected chi connectivity index (χ1v) is 28.2. The first-order chi connectivity index (χ1) is 34.7. The van der Waals surface area contributed by atoms with Crippen molar-refractivity contribution in [2.75, 3.05) is 4.90 Å². The van der Waals surface area contributed by atoms with Gasteiger partial charge in [0.1, 0.15) is 8.07 Å². The van der Waals surface area contributed by atoms with Crippen molar-refractivity contribution in [2.24, 2.45) is 0 Å². The van der Waals surface area contributed by atoms with E-state index in [1.807, 2.05) is 0 Å². The van der Waals surface area contributed by atoms with Crippen LogP contribution in [0.4, 0.5) is 17.1 Å². The average molecular weight is 923 g/mol. The van der Waals surface area contributed by atoms with Gasteiger partial charge in [-0.1, -0.05) is 203 Å². The molecular weight excluding hydrogens is 873 g/mol. The van der Waals surface area contributed by atoms with E-state index in [1.165, 1.54) is 121 Å². The highest BCUT2D eigenvalue weighted by Gasteiger charge is 2.52. The number of benzene rings is 11. The fraction of sp³-hybridized carbons (Fsp3) is 0.0882. The summed E-state index contributed by atoms with van der Waals surface area (Å²) in [4.78, 5) is 2.56. The van der Waals surface area contributed by atoms with Gasteiger partial charge in [-0.3, -0.25) is 0 Å². The summed E-state index contributed by atoms with van der Waals surface area (Å²) in [7, 11) is -2.37. The lowest BCUT2D eigenvalue weighted by Crippen LogP contribution is -2.63. The van der Waals surface area contributed by atoms with Crippen molar-refractivity contribution in [1.82, 2.24) is 4.57 Å².